The van der Waals surface area contributed by atoms with Gasteiger partial charge in [0.25, 0.3) is 0 Å². The molecule has 3 atom stereocenters. The summed E-state index contributed by atoms with van der Waals surface area (Å²) in [5.74, 6) is 3.38. The van der Waals surface area contributed by atoms with Gasteiger partial charge in [0.1, 0.15) is 5.75 Å². The Kier molecular flexibility index (Phi) is 4.97. The van der Waals surface area contributed by atoms with Gasteiger partial charge in [-0.3, -0.25) is 0 Å². The molecule has 0 spiro atoms. The molecule has 0 amide bonds. The lowest BCUT2D eigenvalue weighted by Gasteiger charge is -2.37. The first-order chi connectivity index (χ1) is 13.2. The molecule has 0 saturated heterocycles. The lowest BCUT2D eigenvalue weighted by atomic mass is 9.77. The number of benzene rings is 2. The van der Waals surface area contributed by atoms with Gasteiger partial charge in [0.2, 0.25) is 0 Å². The Balaban J connectivity index is 1.68. The third kappa shape index (κ3) is 3.25. The highest BCUT2D eigenvalue weighted by Crippen LogP contribution is 2.51. The Morgan fingerprint density at radius 3 is 2.67 bits per heavy atom. The van der Waals surface area contributed by atoms with Crippen LogP contribution in [0.25, 0.3) is 0 Å². The largest absolute Gasteiger partial charge is 0.494 e. The molecule has 3 unspecified atom stereocenters. The summed E-state index contributed by atoms with van der Waals surface area (Å²) in [6.07, 6.45) is 6.74. The molecule has 0 radical (unpaired) electrons. The van der Waals surface area contributed by atoms with E-state index in [2.05, 4.69) is 54.7 Å². The topological polar surface area (TPSA) is 39.7 Å². The number of hydrogen-bond donors (Lipinski definition) is 1. The second-order valence-corrected chi connectivity index (χ2v) is 7.19. The molecular weight excluding hydrogens is 338 g/mol. The zero-order valence-electron chi connectivity index (χ0n) is 16.2. The first-order valence-electron chi connectivity index (χ1n) is 9.67. The Labute approximate surface area is 161 Å². The SMILES string of the molecule is CCCOc1ccc2c(c1)C1C=CCC1C(c1ccc(OC)c(OC)c1)N2. The molecule has 0 bridgehead atoms. The van der Waals surface area contributed by atoms with Gasteiger partial charge in [0.05, 0.1) is 26.9 Å². The molecule has 0 saturated carbocycles. The monoisotopic (exact) mass is 365 g/mol. The first-order valence-corrected chi connectivity index (χ1v) is 9.67. The molecule has 2 aliphatic rings. The van der Waals surface area contributed by atoms with Crippen molar-refractivity contribution >= 4 is 5.69 Å². The zero-order valence-corrected chi connectivity index (χ0v) is 16.2. The number of ether oxygens (including phenoxy) is 3. The lowest BCUT2D eigenvalue weighted by molar-refractivity contribution is 0.316. The Morgan fingerprint density at radius 1 is 1.04 bits per heavy atom. The summed E-state index contributed by atoms with van der Waals surface area (Å²) in [5.41, 5.74) is 3.74. The van der Waals surface area contributed by atoms with E-state index in [9.17, 15) is 0 Å². The van der Waals surface area contributed by atoms with Gasteiger partial charge in [0.15, 0.2) is 11.5 Å². The molecule has 4 nitrogen and oxygen atoms in total. The quantitative estimate of drug-likeness (QED) is 0.703. The van der Waals surface area contributed by atoms with Crippen molar-refractivity contribution in [1.82, 2.24) is 0 Å². The minimum absolute atomic E-state index is 0.236. The van der Waals surface area contributed by atoms with Crippen LogP contribution >= 0.6 is 0 Å². The maximum atomic E-state index is 5.85. The molecule has 27 heavy (non-hydrogen) atoms. The van der Waals surface area contributed by atoms with Crippen LogP contribution in [0.3, 0.4) is 0 Å². The zero-order chi connectivity index (χ0) is 18.8. The number of allylic oxidation sites excluding steroid dienone is 2. The molecule has 142 valence electrons. The Morgan fingerprint density at radius 2 is 1.89 bits per heavy atom. The van der Waals surface area contributed by atoms with Crippen LogP contribution in [-0.4, -0.2) is 20.8 Å². The normalized spacial score (nSPS) is 22.6. The fraction of sp³-hybridized carbons (Fsp3) is 0.391. The fourth-order valence-corrected chi connectivity index (χ4v) is 4.26. The summed E-state index contributed by atoms with van der Waals surface area (Å²) < 4.78 is 16.8. The fourth-order valence-electron chi connectivity index (χ4n) is 4.26. The highest BCUT2D eigenvalue weighted by Gasteiger charge is 2.38. The molecule has 4 heteroatoms. The van der Waals surface area contributed by atoms with Crippen molar-refractivity contribution in [3.8, 4) is 17.2 Å². The summed E-state index contributed by atoms with van der Waals surface area (Å²) in [6.45, 7) is 2.88. The van der Waals surface area contributed by atoms with Crippen LogP contribution in [0.4, 0.5) is 5.69 Å². The average molecular weight is 365 g/mol. The van der Waals surface area contributed by atoms with Crippen LogP contribution in [0.1, 0.15) is 42.9 Å². The third-order valence-corrected chi connectivity index (χ3v) is 5.57. The summed E-state index contributed by atoms with van der Waals surface area (Å²) >= 11 is 0. The van der Waals surface area contributed by atoms with Crippen molar-refractivity contribution < 1.29 is 14.2 Å². The van der Waals surface area contributed by atoms with Crippen LogP contribution in [0, 0.1) is 5.92 Å². The summed E-state index contributed by atoms with van der Waals surface area (Å²) in [5, 5.41) is 3.76. The van der Waals surface area contributed by atoms with Gasteiger partial charge >= 0.3 is 0 Å². The minimum atomic E-state index is 0.236. The molecule has 2 aromatic rings. The smallest absolute Gasteiger partial charge is 0.161 e. The molecule has 4 rings (SSSR count). The molecule has 0 aromatic heterocycles. The van der Waals surface area contributed by atoms with Crippen LogP contribution in [0.15, 0.2) is 48.6 Å². The summed E-state index contributed by atoms with van der Waals surface area (Å²) in [4.78, 5) is 0. The predicted octanol–water partition coefficient (Wildman–Crippen LogP) is 5.32. The van der Waals surface area contributed by atoms with Gasteiger partial charge in [-0.25, -0.2) is 0 Å². The highest BCUT2D eigenvalue weighted by molar-refractivity contribution is 5.62. The predicted molar refractivity (Wildman–Crippen MR) is 108 cm³/mol. The van der Waals surface area contributed by atoms with Gasteiger partial charge in [-0.15, -0.1) is 0 Å². The second kappa shape index (κ2) is 7.55. The van der Waals surface area contributed by atoms with Crippen LogP contribution in [0.5, 0.6) is 17.2 Å². The van der Waals surface area contributed by atoms with Gasteiger partial charge in [-0.2, -0.15) is 0 Å². The summed E-state index contributed by atoms with van der Waals surface area (Å²) in [7, 11) is 3.35. The molecular formula is C23H27NO3. The minimum Gasteiger partial charge on any atom is -0.494 e. The van der Waals surface area contributed by atoms with E-state index in [1.165, 1.54) is 16.8 Å². The molecule has 1 heterocycles. The molecule has 1 N–H and O–H groups in total. The average Bonchev–Trinajstić information content (AvgIpc) is 3.21. The maximum Gasteiger partial charge on any atom is 0.161 e. The van der Waals surface area contributed by atoms with Crippen molar-refractivity contribution in [3.63, 3.8) is 0 Å². The van der Waals surface area contributed by atoms with Crippen LogP contribution in [0.2, 0.25) is 0 Å². The number of hydrogen-bond acceptors (Lipinski definition) is 4. The third-order valence-electron chi connectivity index (χ3n) is 5.57. The van der Waals surface area contributed by atoms with Crippen LogP contribution < -0.4 is 19.5 Å². The number of methoxy groups -OCH3 is 2. The van der Waals surface area contributed by atoms with E-state index in [1.54, 1.807) is 14.2 Å². The van der Waals surface area contributed by atoms with Crippen molar-refractivity contribution in [1.29, 1.82) is 0 Å². The molecule has 1 aliphatic carbocycles. The van der Waals surface area contributed by atoms with E-state index in [1.807, 2.05) is 6.07 Å². The number of nitrogens with one attached hydrogen (secondary N) is 1. The van der Waals surface area contributed by atoms with Crippen molar-refractivity contribution in [2.24, 2.45) is 5.92 Å². The van der Waals surface area contributed by atoms with Crippen molar-refractivity contribution in [2.75, 3.05) is 26.1 Å². The van der Waals surface area contributed by atoms with Gasteiger partial charge in [0, 0.05) is 11.6 Å². The van der Waals surface area contributed by atoms with Crippen molar-refractivity contribution in [3.05, 3.63) is 59.7 Å². The highest BCUT2D eigenvalue weighted by atomic mass is 16.5. The number of anilines is 1. The van der Waals surface area contributed by atoms with Gasteiger partial charge < -0.3 is 19.5 Å². The van der Waals surface area contributed by atoms with E-state index < -0.39 is 0 Å². The van der Waals surface area contributed by atoms with Gasteiger partial charge in [-0.05, 0) is 60.2 Å². The van der Waals surface area contributed by atoms with E-state index in [0.29, 0.717) is 11.8 Å². The van der Waals surface area contributed by atoms with Crippen LogP contribution in [-0.2, 0) is 0 Å². The van der Waals surface area contributed by atoms with E-state index >= 15 is 0 Å². The molecule has 2 aromatic carbocycles. The van der Waals surface area contributed by atoms with E-state index in [0.717, 1.165) is 36.7 Å². The van der Waals surface area contributed by atoms with E-state index in [-0.39, 0.29) is 6.04 Å². The van der Waals surface area contributed by atoms with E-state index in [4.69, 9.17) is 14.2 Å². The maximum absolute atomic E-state index is 5.85. The lowest BCUT2D eigenvalue weighted by Crippen LogP contribution is -2.29. The first kappa shape index (κ1) is 17.8. The second-order valence-electron chi connectivity index (χ2n) is 7.19. The standard InChI is InChI=1S/C23H27NO3/c1-4-12-27-16-9-10-20-19(14-16)17-6-5-7-18(17)23(24-20)15-8-11-21(25-2)22(13-15)26-3/h5-6,8-11,13-14,17-18,23-24H,4,7,12H2,1-3H3. The van der Waals surface area contributed by atoms with Crippen molar-refractivity contribution in [2.45, 2.75) is 31.7 Å². The molecule has 1 aliphatic heterocycles. The molecule has 0 fully saturated rings. The Hall–Kier alpha value is -2.62. The van der Waals surface area contributed by atoms with Gasteiger partial charge in [-0.1, -0.05) is 25.1 Å². The number of fused-ring (bicyclic) bond motifs is 3. The number of rotatable bonds is 6. The summed E-state index contributed by atoms with van der Waals surface area (Å²) in [6, 6.07) is 12.9. The Bertz CT molecular complexity index is 846.